The van der Waals surface area contributed by atoms with Crippen molar-refractivity contribution in [3.05, 3.63) is 23.0 Å². The number of aryl methyl sites for hydroxylation is 1. The van der Waals surface area contributed by atoms with E-state index in [-0.39, 0.29) is 29.9 Å². The molecule has 19 heavy (non-hydrogen) atoms. The highest BCUT2D eigenvalue weighted by molar-refractivity contribution is 5.72. The van der Waals surface area contributed by atoms with Crippen molar-refractivity contribution in [2.24, 2.45) is 5.73 Å². The lowest BCUT2D eigenvalue weighted by atomic mass is 10.1. The number of rotatable bonds is 4. The average molecular weight is 278 g/mol. The van der Waals surface area contributed by atoms with Gasteiger partial charge in [-0.3, -0.25) is 9.78 Å². The fourth-order valence-electron chi connectivity index (χ4n) is 1.51. The highest BCUT2D eigenvalue weighted by atomic mass is 19.4. The van der Waals surface area contributed by atoms with Crippen LogP contribution in [0.2, 0.25) is 0 Å². The molecule has 0 radical (unpaired) electrons. The first-order valence-electron chi connectivity index (χ1n) is 5.29. The maximum absolute atomic E-state index is 12.2. The number of methoxy groups -OCH3 is 1. The van der Waals surface area contributed by atoms with E-state index >= 15 is 0 Å². The van der Waals surface area contributed by atoms with Crippen LogP contribution in [0.15, 0.2) is 6.07 Å². The molecule has 0 atom stereocenters. The van der Waals surface area contributed by atoms with E-state index in [9.17, 15) is 18.0 Å². The zero-order valence-corrected chi connectivity index (χ0v) is 10.4. The first-order chi connectivity index (χ1) is 8.76. The van der Waals surface area contributed by atoms with Crippen LogP contribution in [0, 0.1) is 6.92 Å². The number of esters is 1. The molecule has 0 saturated carbocycles. The Labute approximate surface area is 107 Å². The Morgan fingerprint density at radius 1 is 1.47 bits per heavy atom. The molecule has 106 valence electrons. The fourth-order valence-corrected chi connectivity index (χ4v) is 1.51. The fraction of sp³-hybridized carbons (Fsp3) is 0.455. The Kier molecular flexibility index (Phi) is 4.71. The van der Waals surface area contributed by atoms with Gasteiger partial charge in [0.15, 0.2) is 5.75 Å². The molecule has 0 bridgehead atoms. The molecule has 1 rings (SSSR count). The van der Waals surface area contributed by atoms with Gasteiger partial charge in [-0.05, 0) is 13.0 Å². The molecule has 5 nitrogen and oxygen atoms in total. The Balaban J connectivity index is 3.11. The molecule has 0 aliphatic heterocycles. The van der Waals surface area contributed by atoms with Crippen LogP contribution in [-0.4, -0.2) is 24.4 Å². The molecular weight excluding hydrogens is 265 g/mol. The Morgan fingerprint density at radius 3 is 2.58 bits per heavy atom. The van der Waals surface area contributed by atoms with Crippen LogP contribution >= 0.6 is 0 Å². The molecule has 0 fully saturated rings. The van der Waals surface area contributed by atoms with Crippen LogP contribution in [0.5, 0.6) is 5.75 Å². The Hall–Kier alpha value is -1.83. The number of pyridine rings is 1. The van der Waals surface area contributed by atoms with Gasteiger partial charge in [-0.2, -0.15) is 0 Å². The summed E-state index contributed by atoms with van der Waals surface area (Å²) in [4.78, 5) is 15.0. The molecule has 0 amide bonds. The van der Waals surface area contributed by atoms with Crippen LogP contribution in [0.3, 0.4) is 0 Å². The smallest absolute Gasteiger partial charge is 0.469 e. The SMILES string of the molecule is COC(=O)Cc1cc(CN)c(OC(F)(F)F)c(C)n1. The van der Waals surface area contributed by atoms with Gasteiger partial charge in [-0.25, -0.2) is 0 Å². The molecule has 0 aliphatic carbocycles. The van der Waals surface area contributed by atoms with Crippen LogP contribution in [0.25, 0.3) is 0 Å². The van der Waals surface area contributed by atoms with Crippen LogP contribution in [0.1, 0.15) is 17.0 Å². The van der Waals surface area contributed by atoms with E-state index in [1.165, 1.54) is 20.1 Å². The number of alkyl halides is 3. The zero-order valence-electron chi connectivity index (χ0n) is 10.4. The maximum atomic E-state index is 12.2. The van der Waals surface area contributed by atoms with E-state index in [2.05, 4.69) is 14.5 Å². The highest BCUT2D eigenvalue weighted by Crippen LogP contribution is 2.29. The third kappa shape index (κ3) is 4.40. The number of halogens is 3. The Bertz CT molecular complexity index is 475. The summed E-state index contributed by atoms with van der Waals surface area (Å²) in [7, 11) is 1.21. The number of carbonyl (C=O) groups is 1. The van der Waals surface area contributed by atoms with E-state index in [4.69, 9.17) is 5.73 Å². The normalized spacial score (nSPS) is 11.3. The lowest BCUT2D eigenvalue weighted by Crippen LogP contribution is -2.20. The molecule has 0 aromatic carbocycles. The van der Waals surface area contributed by atoms with Crippen molar-refractivity contribution in [1.29, 1.82) is 0 Å². The predicted molar refractivity (Wildman–Crippen MR) is 59.3 cm³/mol. The molecule has 1 aromatic heterocycles. The van der Waals surface area contributed by atoms with Crippen molar-refractivity contribution in [3.63, 3.8) is 0 Å². The van der Waals surface area contributed by atoms with Gasteiger partial charge in [0.05, 0.1) is 24.9 Å². The second-order valence-electron chi connectivity index (χ2n) is 3.69. The predicted octanol–water partition coefficient (Wildman–Crippen LogP) is 1.46. The third-order valence-electron chi connectivity index (χ3n) is 2.26. The first kappa shape index (κ1) is 15.2. The quantitative estimate of drug-likeness (QED) is 0.844. The monoisotopic (exact) mass is 278 g/mol. The maximum Gasteiger partial charge on any atom is 0.573 e. The topological polar surface area (TPSA) is 74.4 Å². The zero-order chi connectivity index (χ0) is 14.6. The molecular formula is C11H13F3N2O3. The molecule has 1 aromatic rings. The summed E-state index contributed by atoms with van der Waals surface area (Å²) in [5.74, 6) is -0.969. The summed E-state index contributed by atoms with van der Waals surface area (Å²) in [5.41, 5.74) is 5.80. The third-order valence-corrected chi connectivity index (χ3v) is 2.26. The van der Waals surface area contributed by atoms with Crippen molar-refractivity contribution in [2.45, 2.75) is 26.3 Å². The molecule has 1 heterocycles. The number of aromatic nitrogens is 1. The van der Waals surface area contributed by atoms with E-state index in [0.717, 1.165) is 0 Å². The van der Waals surface area contributed by atoms with E-state index < -0.39 is 18.1 Å². The number of nitrogens with two attached hydrogens (primary N) is 1. The summed E-state index contributed by atoms with van der Waals surface area (Å²) >= 11 is 0. The number of nitrogens with zero attached hydrogens (tertiary/aromatic N) is 1. The van der Waals surface area contributed by atoms with Crippen molar-refractivity contribution < 1.29 is 27.4 Å². The number of hydrogen-bond donors (Lipinski definition) is 1. The first-order valence-corrected chi connectivity index (χ1v) is 5.29. The molecule has 0 saturated heterocycles. The van der Waals surface area contributed by atoms with Crippen molar-refractivity contribution in [2.75, 3.05) is 7.11 Å². The van der Waals surface area contributed by atoms with Gasteiger partial charge in [-0.1, -0.05) is 0 Å². The lowest BCUT2D eigenvalue weighted by Gasteiger charge is -2.15. The van der Waals surface area contributed by atoms with Crippen molar-refractivity contribution >= 4 is 5.97 Å². The lowest BCUT2D eigenvalue weighted by molar-refractivity contribution is -0.275. The molecule has 8 heteroatoms. The van der Waals surface area contributed by atoms with Gasteiger partial charge in [-0.15, -0.1) is 13.2 Å². The largest absolute Gasteiger partial charge is 0.573 e. The Morgan fingerprint density at radius 2 is 2.11 bits per heavy atom. The van der Waals surface area contributed by atoms with Gasteiger partial charge in [0.25, 0.3) is 0 Å². The van der Waals surface area contributed by atoms with Gasteiger partial charge >= 0.3 is 12.3 Å². The molecule has 0 aliphatic rings. The highest BCUT2D eigenvalue weighted by Gasteiger charge is 2.33. The van der Waals surface area contributed by atoms with E-state index in [0.29, 0.717) is 0 Å². The number of ether oxygens (including phenoxy) is 2. The van der Waals surface area contributed by atoms with Crippen LogP contribution in [-0.2, 0) is 22.5 Å². The van der Waals surface area contributed by atoms with E-state index in [1.54, 1.807) is 0 Å². The van der Waals surface area contributed by atoms with Gasteiger partial charge in [0, 0.05) is 12.1 Å². The second kappa shape index (κ2) is 5.87. The van der Waals surface area contributed by atoms with E-state index in [1.807, 2.05) is 0 Å². The minimum absolute atomic E-state index is 0.0131. The average Bonchev–Trinajstić information content (AvgIpc) is 2.30. The van der Waals surface area contributed by atoms with Crippen molar-refractivity contribution in [1.82, 2.24) is 4.98 Å². The van der Waals surface area contributed by atoms with Gasteiger partial charge < -0.3 is 15.2 Å². The summed E-state index contributed by atoms with van der Waals surface area (Å²) < 4.78 is 45.1. The standard InChI is InChI=1S/C11H13F3N2O3/c1-6-10(19-11(12,13)14)7(5-15)3-8(16-6)4-9(17)18-2/h3H,4-5,15H2,1-2H3. The van der Waals surface area contributed by atoms with Crippen molar-refractivity contribution in [3.8, 4) is 5.75 Å². The molecule has 2 N–H and O–H groups in total. The minimum Gasteiger partial charge on any atom is -0.469 e. The molecule has 0 unspecified atom stereocenters. The second-order valence-corrected chi connectivity index (χ2v) is 3.69. The number of hydrogen-bond acceptors (Lipinski definition) is 5. The summed E-state index contributed by atoms with van der Waals surface area (Å²) in [5, 5.41) is 0. The molecule has 0 spiro atoms. The van der Waals surface area contributed by atoms with Crippen LogP contribution in [0.4, 0.5) is 13.2 Å². The van der Waals surface area contributed by atoms with Gasteiger partial charge in [0.1, 0.15) is 0 Å². The minimum atomic E-state index is -4.82. The summed E-state index contributed by atoms with van der Waals surface area (Å²) in [6.45, 7) is 1.18. The summed E-state index contributed by atoms with van der Waals surface area (Å²) in [6, 6.07) is 1.30. The van der Waals surface area contributed by atoms with Crippen LogP contribution < -0.4 is 10.5 Å². The number of carbonyl (C=O) groups excluding carboxylic acids is 1. The summed E-state index contributed by atoms with van der Waals surface area (Å²) in [6.07, 6.45) is -4.96. The van der Waals surface area contributed by atoms with Gasteiger partial charge in [0.2, 0.25) is 0 Å².